The van der Waals surface area contributed by atoms with Gasteiger partial charge in [0.2, 0.25) is 11.9 Å². The fraction of sp³-hybridized carbons (Fsp3) is 0.167. The van der Waals surface area contributed by atoms with E-state index in [0.29, 0.717) is 5.69 Å². The van der Waals surface area contributed by atoms with Crippen molar-refractivity contribution in [2.45, 2.75) is 12.5 Å². The summed E-state index contributed by atoms with van der Waals surface area (Å²) in [7, 11) is 0. The van der Waals surface area contributed by atoms with E-state index in [9.17, 15) is 14.0 Å². The number of rotatable bonds is 2. The van der Waals surface area contributed by atoms with Gasteiger partial charge in [-0.3, -0.25) is 9.59 Å². The fourth-order valence-electron chi connectivity index (χ4n) is 1.95. The number of halogens is 2. The van der Waals surface area contributed by atoms with Crippen molar-refractivity contribution >= 4 is 35.1 Å². The molecule has 7 nitrogen and oxygen atoms in total. The van der Waals surface area contributed by atoms with E-state index in [0.717, 1.165) is 10.7 Å². The lowest BCUT2D eigenvalue weighted by Crippen LogP contribution is -2.42. The van der Waals surface area contributed by atoms with Gasteiger partial charge in [0.1, 0.15) is 18.2 Å². The second-order valence-corrected chi connectivity index (χ2v) is 4.82. The van der Waals surface area contributed by atoms with Crippen molar-refractivity contribution in [3.8, 4) is 0 Å². The van der Waals surface area contributed by atoms with Crippen LogP contribution in [0.2, 0.25) is 5.02 Å². The van der Waals surface area contributed by atoms with Gasteiger partial charge in [0.25, 0.3) is 5.91 Å². The lowest BCUT2D eigenvalue weighted by atomic mass is 10.1. The lowest BCUT2D eigenvalue weighted by Gasteiger charge is -2.22. The molecule has 0 saturated carbocycles. The molecule has 108 valence electrons. The molecule has 2 heterocycles. The molecule has 1 atom stereocenters. The molecule has 1 aromatic heterocycles. The minimum absolute atomic E-state index is 0.0584. The minimum Gasteiger partial charge on any atom is -0.342 e. The molecule has 0 aliphatic carbocycles. The van der Waals surface area contributed by atoms with E-state index in [2.05, 4.69) is 20.7 Å². The number of carbonyl (C=O) groups excluding carboxylic acids is 2. The maximum absolute atomic E-state index is 13.1. The molecule has 0 fully saturated rings. The predicted molar refractivity (Wildman–Crippen MR) is 72.7 cm³/mol. The van der Waals surface area contributed by atoms with Gasteiger partial charge >= 0.3 is 0 Å². The quantitative estimate of drug-likeness (QED) is 0.878. The van der Waals surface area contributed by atoms with Crippen molar-refractivity contribution in [1.29, 1.82) is 0 Å². The van der Waals surface area contributed by atoms with Crippen molar-refractivity contribution in [3.05, 3.63) is 35.4 Å². The summed E-state index contributed by atoms with van der Waals surface area (Å²) < 4.78 is 14.1. The fourth-order valence-corrected chi connectivity index (χ4v) is 2.13. The highest BCUT2D eigenvalue weighted by Crippen LogP contribution is 2.21. The van der Waals surface area contributed by atoms with E-state index in [1.54, 1.807) is 0 Å². The zero-order valence-electron chi connectivity index (χ0n) is 10.5. The van der Waals surface area contributed by atoms with E-state index in [4.69, 9.17) is 11.6 Å². The first kappa shape index (κ1) is 13.5. The second-order valence-electron chi connectivity index (χ2n) is 4.41. The Morgan fingerprint density at radius 1 is 1.52 bits per heavy atom. The zero-order valence-corrected chi connectivity index (χ0v) is 11.3. The van der Waals surface area contributed by atoms with Crippen molar-refractivity contribution in [3.63, 3.8) is 0 Å². The molecule has 1 aromatic carbocycles. The van der Waals surface area contributed by atoms with Gasteiger partial charge in [-0.25, -0.2) is 4.39 Å². The van der Waals surface area contributed by atoms with Crippen LogP contribution in [0.4, 0.5) is 16.0 Å². The van der Waals surface area contributed by atoms with Crippen LogP contribution in [0.15, 0.2) is 24.5 Å². The summed E-state index contributed by atoms with van der Waals surface area (Å²) in [5, 5.41) is 9.01. The van der Waals surface area contributed by atoms with Crippen LogP contribution in [0.3, 0.4) is 0 Å². The number of benzene rings is 1. The number of fused-ring (bicyclic) bond motifs is 1. The summed E-state index contributed by atoms with van der Waals surface area (Å²) in [6.45, 7) is 0. The van der Waals surface area contributed by atoms with E-state index < -0.39 is 17.8 Å². The number of amides is 1. The number of anilines is 2. The van der Waals surface area contributed by atoms with E-state index in [1.165, 1.54) is 18.5 Å². The van der Waals surface area contributed by atoms with Gasteiger partial charge in [-0.05, 0) is 18.2 Å². The Hall–Kier alpha value is -2.48. The number of hydrogen-bond acceptors (Lipinski definition) is 5. The highest BCUT2D eigenvalue weighted by Gasteiger charge is 2.30. The van der Waals surface area contributed by atoms with Crippen LogP contribution in [-0.4, -0.2) is 32.6 Å². The molecule has 1 unspecified atom stereocenters. The van der Waals surface area contributed by atoms with Crippen LogP contribution < -0.4 is 10.6 Å². The Kier molecular flexibility index (Phi) is 3.30. The molecule has 1 amide bonds. The normalized spacial score (nSPS) is 17.0. The van der Waals surface area contributed by atoms with Crippen molar-refractivity contribution in [1.82, 2.24) is 14.8 Å². The van der Waals surface area contributed by atoms with Gasteiger partial charge < -0.3 is 10.6 Å². The Labute approximate surface area is 123 Å². The van der Waals surface area contributed by atoms with Crippen LogP contribution >= 0.6 is 11.6 Å². The highest BCUT2D eigenvalue weighted by atomic mass is 35.5. The standard InChI is InChI=1S/C12H9ClFN5O2/c13-7-3-6(1-2-8(7)14)17-11(21)9-4-10(20)19-12(18-9)15-5-16-19/h1-3,5,9H,4H2,(H,17,21)(H,15,16,18). The molecule has 0 saturated heterocycles. The molecule has 1 aliphatic heterocycles. The van der Waals surface area contributed by atoms with Crippen LogP contribution in [-0.2, 0) is 4.79 Å². The molecule has 0 radical (unpaired) electrons. The van der Waals surface area contributed by atoms with Crippen molar-refractivity contribution < 1.29 is 14.0 Å². The van der Waals surface area contributed by atoms with Gasteiger partial charge in [-0.1, -0.05) is 11.6 Å². The summed E-state index contributed by atoms with van der Waals surface area (Å²) in [5.74, 6) is -1.14. The summed E-state index contributed by atoms with van der Waals surface area (Å²) in [4.78, 5) is 27.7. The van der Waals surface area contributed by atoms with E-state index >= 15 is 0 Å². The highest BCUT2D eigenvalue weighted by molar-refractivity contribution is 6.31. The largest absolute Gasteiger partial charge is 0.342 e. The van der Waals surface area contributed by atoms with Gasteiger partial charge in [0.15, 0.2) is 0 Å². The molecule has 21 heavy (non-hydrogen) atoms. The molecule has 9 heteroatoms. The zero-order chi connectivity index (χ0) is 15.0. The molecule has 1 aliphatic rings. The predicted octanol–water partition coefficient (Wildman–Crippen LogP) is 1.53. The summed E-state index contributed by atoms with van der Waals surface area (Å²) in [5.41, 5.74) is 0.340. The molecule has 2 aromatic rings. The number of nitrogens with one attached hydrogen (secondary N) is 2. The molecular weight excluding hydrogens is 301 g/mol. The summed E-state index contributed by atoms with van der Waals surface area (Å²) in [6.07, 6.45) is 1.16. The summed E-state index contributed by atoms with van der Waals surface area (Å²) in [6, 6.07) is 3.04. The first-order chi connectivity index (χ1) is 10.0. The third kappa shape index (κ3) is 2.57. The Bertz CT molecular complexity index is 732. The van der Waals surface area contributed by atoms with Crippen LogP contribution in [0.5, 0.6) is 0 Å². The number of carbonyl (C=O) groups is 2. The monoisotopic (exact) mass is 309 g/mol. The molecule has 3 rings (SSSR count). The average molecular weight is 310 g/mol. The number of hydrogen-bond donors (Lipinski definition) is 2. The number of aromatic nitrogens is 3. The smallest absolute Gasteiger partial charge is 0.252 e. The van der Waals surface area contributed by atoms with Crippen LogP contribution in [0.1, 0.15) is 11.2 Å². The Morgan fingerprint density at radius 3 is 3.10 bits per heavy atom. The first-order valence-electron chi connectivity index (χ1n) is 6.00. The minimum atomic E-state index is -0.780. The van der Waals surface area contributed by atoms with Crippen LogP contribution in [0.25, 0.3) is 0 Å². The SMILES string of the molecule is O=C(Nc1ccc(F)c(Cl)c1)C1CC(=O)n2ncnc2N1. The van der Waals surface area contributed by atoms with Crippen LogP contribution in [0, 0.1) is 5.82 Å². The van der Waals surface area contributed by atoms with Crippen molar-refractivity contribution in [2.24, 2.45) is 0 Å². The molecule has 0 spiro atoms. The maximum atomic E-state index is 13.1. The van der Waals surface area contributed by atoms with Gasteiger partial charge in [-0.2, -0.15) is 14.8 Å². The first-order valence-corrected chi connectivity index (χ1v) is 6.38. The number of nitrogens with zero attached hydrogens (tertiary/aromatic N) is 3. The second kappa shape index (κ2) is 5.13. The molecule has 2 N–H and O–H groups in total. The van der Waals surface area contributed by atoms with Gasteiger partial charge in [-0.15, -0.1) is 0 Å². The van der Waals surface area contributed by atoms with E-state index in [1.807, 2.05) is 0 Å². The third-order valence-electron chi connectivity index (χ3n) is 2.97. The third-order valence-corrected chi connectivity index (χ3v) is 3.26. The summed E-state index contributed by atoms with van der Waals surface area (Å²) >= 11 is 5.64. The average Bonchev–Trinajstić information content (AvgIpc) is 2.92. The van der Waals surface area contributed by atoms with Crippen molar-refractivity contribution in [2.75, 3.05) is 10.6 Å². The van der Waals surface area contributed by atoms with Gasteiger partial charge in [0.05, 0.1) is 11.4 Å². The molecular formula is C12H9ClFN5O2. The maximum Gasteiger partial charge on any atom is 0.252 e. The molecule has 0 bridgehead atoms. The van der Waals surface area contributed by atoms with E-state index in [-0.39, 0.29) is 23.3 Å². The van der Waals surface area contributed by atoms with Gasteiger partial charge in [0, 0.05) is 5.69 Å². The Morgan fingerprint density at radius 2 is 2.33 bits per heavy atom. The topological polar surface area (TPSA) is 88.9 Å². The Balaban J connectivity index is 1.74. The lowest BCUT2D eigenvalue weighted by molar-refractivity contribution is -0.117.